The summed E-state index contributed by atoms with van der Waals surface area (Å²) in [6, 6.07) is 5.28. The molecule has 3 heterocycles. The summed E-state index contributed by atoms with van der Waals surface area (Å²) >= 11 is 0. The van der Waals surface area contributed by atoms with Crippen molar-refractivity contribution in [1.82, 2.24) is 14.9 Å². The zero-order valence-electron chi connectivity index (χ0n) is 20.2. The molecule has 0 bridgehead atoms. The zero-order valence-corrected chi connectivity index (χ0v) is 20.2. The van der Waals surface area contributed by atoms with Crippen LogP contribution in [0.1, 0.15) is 5.82 Å². The average Bonchev–Trinajstić information content (AvgIpc) is 2.88. The van der Waals surface area contributed by atoms with Crippen molar-refractivity contribution < 1.29 is 23.7 Å². The van der Waals surface area contributed by atoms with Gasteiger partial charge in [0.15, 0.2) is 11.5 Å². The number of ether oxygens (including phenoxy) is 4. The highest BCUT2D eigenvalue weighted by Gasteiger charge is 2.24. The van der Waals surface area contributed by atoms with Crippen LogP contribution in [0, 0.1) is 6.92 Å². The smallest absolute Gasteiger partial charge is 0.321 e. The van der Waals surface area contributed by atoms with E-state index >= 15 is 0 Å². The van der Waals surface area contributed by atoms with Gasteiger partial charge in [0.2, 0.25) is 5.75 Å². The molecular formula is C23H32N6O5. The van der Waals surface area contributed by atoms with Gasteiger partial charge in [-0.25, -0.2) is 14.8 Å². The maximum Gasteiger partial charge on any atom is 0.321 e. The number of nitrogens with one attached hydrogen (secondary N) is 1. The van der Waals surface area contributed by atoms with Crippen LogP contribution in [0.25, 0.3) is 0 Å². The average molecular weight is 473 g/mol. The fourth-order valence-electron chi connectivity index (χ4n) is 4.15. The number of anilines is 3. The molecule has 34 heavy (non-hydrogen) atoms. The molecule has 2 saturated heterocycles. The first-order valence-corrected chi connectivity index (χ1v) is 11.3. The third-order valence-corrected chi connectivity index (χ3v) is 5.95. The number of aryl methyl sites for hydroxylation is 1. The van der Waals surface area contributed by atoms with Gasteiger partial charge in [-0.15, -0.1) is 0 Å². The largest absolute Gasteiger partial charge is 0.493 e. The highest BCUT2D eigenvalue weighted by atomic mass is 16.5. The predicted molar refractivity (Wildman–Crippen MR) is 129 cm³/mol. The van der Waals surface area contributed by atoms with Gasteiger partial charge >= 0.3 is 6.03 Å². The van der Waals surface area contributed by atoms with E-state index < -0.39 is 0 Å². The van der Waals surface area contributed by atoms with E-state index in [0.29, 0.717) is 62.3 Å². The SMILES string of the molecule is COc1cc(NC(=O)N2CCN(c3cc(N4CCOCC4)nc(C)n3)CC2)cc(OC)c1OC. The van der Waals surface area contributed by atoms with Gasteiger partial charge in [-0.3, -0.25) is 0 Å². The fourth-order valence-corrected chi connectivity index (χ4v) is 4.15. The Bertz CT molecular complexity index is 980. The van der Waals surface area contributed by atoms with Crippen molar-refractivity contribution in [3.05, 3.63) is 24.0 Å². The Morgan fingerprint density at radius 1 is 0.853 bits per heavy atom. The molecule has 2 aliphatic heterocycles. The molecule has 2 amide bonds. The highest BCUT2D eigenvalue weighted by Crippen LogP contribution is 2.40. The number of urea groups is 1. The van der Waals surface area contributed by atoms with Gasteiger partial charge in [0.25, 0.3) is 0 Å². The lowest BCUT2D eigenvalue weighted by molar-refractivity contribution is 0.122. The second kappa shape index (κ2) is 10.6. The van der Waals surface area contributed by atoms with Gasteiger partial charge in [-0.05, 0) is 6.92 Å². The molecule has 0 spiro atoms. The summed E-state index contributed by atoms with van der Waals surface area (Å²) in [4.78, 5) is 28.4. The number of rotatable bonds is 6. The van der Waals surface area contributed by atoms with Crippen LogP contribution in [0.3, 0.4) is 0 Å². The molecule has 1 aromatic heterocycles. The number of morpholine rings is 1. The Balaban J connectivity index is 1.39. The molecule has 0 unspecified atom stereocenters. The molecule has 2 fully saturated rings. The topological polar surface area (TPSA) is 102 Å². The molecule has 184 valence electrons. The molecular weight excluding hydrogens is 440 g/mol. The summed E-state index contributed by atoms with van der Waals surface area (Å²) in [5.74, 6) is 4.00. The minimum atomic E-state index is -0.179. The van der Waals surface area contributed by atoms with Gasteiger partial charge in [-0.2, -0.15) is 0 Å². The molecule has 11 heteroatoms. The van der Waals surface area contributed by atoms with Crippen LogP contribution in [-0.4, -0.2) is 94.7 Å². The maximum absolute atomic E-state index is 12.9. The van der Waals surface area contributed by atoms with E-state index in [4.69, 9.17) is 18.9 Å². The van der Waals surface area contributed by atoms with Crippen LogP contribution in [0.2, 0.25) is 0 Å². The molecule has 1 N–H and O–H groups in total. The van der Waals surface area contributed by atoms with Crippen molar-refractivity contribution in [3.63, 3.8) is 0 Å². The number of nitrogens with zero attached hydrogens (tertiary/aromatic N) is 5. The summed E-state index contributed by atoms with van der Waals surface area (Å²) in [6.07, 6.45) is 0. The monoisotopic (exact) mass is 472 g/mol. The van der Waals surface area contributed by atoms with Crippen LogP contribution >= 0.6 is 0 Å². The van der Waals surface area contributed by atoms with E-state index in [1.165, 1.54) is 0 Å². The van der Waals surface area contributed by atoms with Crippen LogP contribution in [0.4, 0.5) is 22.1 Å². The van der Waals surface area contributed by atoms with Crippen LogP contribution in [-0.2, 0) is 4.74 Å². The first-order valence-electron chi connectivity index (χ1n) is 11.3. The summed E-state index contributed by atoms with van der Waals surface area (Å²) in [5, 5.41) is 2.94. The second-order valence-electron chi connectivity index (χ2n) is 8.05. The molecule has 0 radical (unpaired) electrons. The van der Waals surface area contributed by atoms with E-state index in [2.05, 4.69) is 25.1 Å². The first kappa shape index (κ1) is 23.7. The molecule has 2 aliphatic rings. The van der Waals surface area contributed by atoms with Gasteiger partial charge in [-0.1, -0.05) is 0 Å². The van der Waals surface area contributed by atoms with Crippen molar-refractivity contribution in [1.29, 1.82) is 0 Å². The molecule has 4 rings (SSSR count). The number of aromatic nitrogens is 2. The number of piperazine rings is 1. The lowest BCUT2D eigenvalue weighted by atomic mass is 10.2. The minimum Gasteiger partial charge on any atom is -0.493 e. The zero-order chi connectivity index (χ0) is 24.1. The van der Waals surface area contributed by atoms with Crippen LogP contribution in [0.5, 0.6) is 17.2 Å². The van der Waals surface area contributed by atoms with Gasteiger partial charge in [0, 0.05) is 57.5 Å². The van der Waals surface area contributed by atoms with E-state index in [-0.39, 0.29) is 6.03 Å². The van der Waals surface area contributed by atoms with E-state index in [1.807, 2.05) is 13.0 Å². The van der Waals surface area contributed by atoms with E-state index in [0.717, 1.165) is 30.5 Å². The van der Waals surface area contributed by atoms with Crippen molar-refractivity contribution in [2.45, 2.75) is 6.92 Å². The number of amides is 2. The quantitative estimate of drug-likeness (QED) is 0.676. The van der Waals surface area contributed by atoms with Crippen molar-refractivity contribution in [2.75, 3.05) is 88.9 Å². The number of hydrogen-bond acceptors (Lipinski definition) is 9. The summed E-state index contributed by atoms with van der Waals surface area (Å²) < 4.78 is 21.5. The lowest BCUT2D eigenvalue weighted by Gasteiger charge is -2.36. The molecule has 0 aliphatic carbocycles. The third-order valence-electron chi connectivity index (χ3n) is 5.95. The third kappa shape index (κ3) is 5.19. The Hall–Kier alpha value is -3.47. The number of hydrogen-bond donors (Lipinski definition) is 1. The molecule has 11 nitrogen and oxygen atoms in total. The molecule has 0 saturated carbocycles. The maximum atomic E-state index is 12.9. The predicted octanol–water partition coefficient (Wildman–Crippen LogP) is 2.00. The number of benzene rings is 1. The van der Waals surface area contributed by atoms with E-state index in [9.17, 15) is 4.79 Å². The number of methoxy groups -OCH3 is 3. The standard InChI is InChI=1S/C23H32N6O5/c1-16-24-20(15-21(25-16)28-9-11-34-12-10-28)27-5-7-29(8-6-27)23(30)26-17-13-18(31-2)22(33-4)19(14-17)32-3/h13-15H,5-12H2,1-4H3,(H,26,30). The van der Waals surface area contributed by atoms with Crippen molar-refractivity contribution in [2.24, 2.45) is 0 Å². The molecule has 0 atom stereocenters. The Kier molecular flexibility index (Phi) is 7.41. The molecule has 2 aromatic rings. The van der Waals surface area contributed by atoms with Crippen LogP contribution < -0.4 is 29.3 Å². The Labute approximate surface area is 199 Å². The summed E-state index contributed by atoms with van der Waals surface area (Å²) in [7, 11) is 4.63. The normalized spacial score (nSPS) is 16.3. The molecule has 1 aromatic carbocycles. The van der Waals surface area contributed by atoms with Crippen molar-refractivity contribution >= 4 is 23.4 Å². The van der Waals surface area contributed by atoms with Gasteiger partial charge in [0.05, 0.1) is 40.2 Å². The van der Waals surface area contributed by atoms with E-state index in [1.54, 1.807) is 38.4 Å². The van der Waals surface area contributed by atoms with Crippen molar-refractivity contribution in [3.8, 4) is 17.2 Å². The lowest BCUT2D eigenvalue weighted by Crippen LogP contribution is -2.50. The fraction of sp³-hybridized carbons (Fsp3) is 0.522. The van der Waals surface area contributed by atoms with Gasteiger partial charge in [0.1, 0.15) is 17.5 Å². The Morgan fingerprint density at radius 2 is 1.41 bits per heavy atom. The first-order chi connectivity index (χ1) is 16.5. The number of carbonyl (C=O) groups is 1. The minimum absolute atomic E-state index is 0.179. The summed E-state index contributed by atoms with van der Waals surface area (Å²) in [6.45, 7) is 7.49. The Morgan fingerprint density at radius 3 is 1.94 bits per heavy atom. The van der Waals surface area contributed by atoms with Crippen LogP contribution in [0.15, 0.2) is 18.2 Å². The number of carbonyl (C=O) groups excluding carboxylic acids is 1. The highest BCUT2D eigenvalue weighted by molar-refractivity contribution is 5.90. The second-order valence-corrected chi connectivity index (χ2v) is 8.05. The summed E-state index contributed by atoms with van der Waals surface area (Å²) in [5.41, 5.74) is 0.573. The van der Waals surface area contributed by atoms with Gasteiger partial charge < -0.3 is 39.0 Å².